The SMILES string of the molecule is CCOc1ccc(N=C(CC)c2c(O)n(-c3ccc(C)cc3)c(=O)[nH]c2=O)cc1. The minimum atomic E-state index is -0.711. The first-order chi connectivity index (χ1) is 13.9. The molecular formula is C22H23N3O4. The smallest absolute Gasteiger partial charge is 0.335 e. The summed E-state index contributed by atoms with van der Waals surface area (Å²) in [5, 5.41) is 10.8. The largest absolute Gasteiger partial charge is 0.494 e. The van der Waals surface area contributed by atoms with Gasteiger partial charge < -0.3 is 9.84 Å². The number of H-pyrrole nitrogens is 1. The lowest BCUT2D eigenvalue weighted by atomic mass is 10.1. The third-order valence-electron chi connectivity index (χ3n) is 4.41. The first kappa shape index (κ1) is 20.1. The molecule has 29 heavy (non-hydrogen) atoms. The number of aromatic hydroxyl groups is 1. The number of aliphatic imine (C=N–C) groups is 1. The van der Waals surface area contributed by atoms with Gasteiger partial charge in [0.1, 0.15) is 11.3 Å². The zero-order valence-electron chi connectivity index (χ0n) is 16.6. The van der Waals surface area contributed by atoms with Crippen LogP contribution in [0.5, 0.6) is 11.6 Å². The van der Waals surface area contributed by atoms with Crippen LogP contribution < -0.4 is 16.0 Å². The number of rotatable bonds is 6. The summed E-state index contributed by atoms with van der Waals surface area (Å²) >= 11 is 0. The fourth-order valence-electron chi connectivity index (χ4n) is 2.97. The molecule has 2 N–H and O–H groups in total. The first-order valence-corrected chi connectivity index (χ1v) is 9.40. The Labute approximate surface area is 168 Å². The van der Waals surface area contributed by atoms with Gasteiger partial charge >= 0.3 is 5.69 Å². The lowest BCUT2D eigenvalue weighted by molar-refractivity contribution is 0.340. The standard InChI is InChI=1S/C22H23N3O4/c1-4-18(23-15-8-12-17(13-9-15)29-5-2)19-20(26)24-22(28)25(21(19)27)16-10-6-14(3)7-11-16/h6-13,27H,4-5H2,1-3H3,(H,24,26,28). The number of aromatic nitrogens is 2. The molecule has 0 spiro atoms. The van der Waals surface area contributed by atoms with Crippen LogP contribution in [0.4, 0.5) is 5.69 Å². The van der Waals surface area contributed by atoms with Crippen molar-refractivity contribution < 1.29 is 9.84 Å². The molecule has 0 radical (unpaired) electrons. The highest BCUT2D eigenvalue weighted by Gasteiger charge is 2.19. The number of hydrogen-bond donors (Lipinski definition) is 2. The monoisotopic (exact) mass is 393 g/mol. The number of nitrogens with one attached hydrogen (secondary N) is 1. The van der Waals surface area contributed by atoms with Crippen LogP contribution in [0.3, 0.4) is 0 Å². The van der Waals surface area contributed by atoms with Gasteiger partial charge in [-0.15, -0.1) is 0 Å². The maximum Gasteiger partial charge on any atom is 0.335 e. The summed E-state index contributed by atoms with van der Waals surface area (Å²) in [6.07, 6.45) is 0.385. The predicted octanol–water partition coefficient (Wildman–Crippen LogP) is 3.47. The Kier molecular flexibility index (Phi) is 5.97. The van der Waals surface area contributed by atoms with Crippen molar-refractivity contribution in [2.75, 3.05) is 6.61 Å². The molecule has 1 heterocycles. The van der Waals surface area contributed by atoms with Gasteiger partial charge in [-0.1, -0.05) is 24.6 Å². The van der Waals surface area contributed by atoms with E-state index < -0.39 is 17.1 Å². The maximum absolute atomic E-state index is 12.5. The molecule has 0 bridgehead atoms. The van der Waals surface area contributed by atoms with Gasteiger partial charge in [0.15, 0.2) is 0 Å². The van der Waals surface area contributed by atoms with E-state index in [1.54, 1.807) is 36.4 Å². The Morgan fingerprint density at radius 3 is 2.31 bits per heavy atom. The molecule has 0 saturated heterocycles. The number of aromatic amines is 1. The molecule has 0 amide bonds. The van der Waals surface area contributed by atoms with Gasteiger partial charge in [-0.3, -0.25) is 14.8 Å². The molecule has 7 nitrogen and oxygen atoms in total. The molecule has 0 saturated carbocycles. The van der Waals surface area contributed by atoms with Crippen LogP contribution >= 0.6 is 0 Å². The van der Waals surface area contributed by atoms with Gasteiger partial charge in [-0.05, 0) is 56.7 Å². The van der Waals surface area contributed by atoms with Crippen LogP contribution in [-0.2, 0) is 0 Å². The summed E-state index contributed by atoms with van der Waals surface area (Å²) < 4.78 is 6.49. The third-order valence-corrected chi connectivity index (χ3v) is 4.41. The first-order valence-electron chi connectivity index (χ1n) is 9.40. The van der Waals surface area contributed by atoms with Crippen molar-refractivity contribution in [1.29, 1.82) is 0 Å². The van der Waals surface area contributed by atoms with Crippen LogP contribution in [0.25, 0.3) is 5.69 Å². The number of nitrogens with zero attached hydrogens (tertiary/aromatic N) is 2. The van der Waals surface area contributed by atoms with E-state index in [9.17, 15) is 14.7 Å². The number of hydrogen-bond acceptors (Lipinski definition) is 5. The second-order valence-electron chi connectivity index (χ2n) is 6.47. The van der Waals surface area contributed by atoms with E-state index in [0.29, 0.717) is 30.1 Å². The molecule has 7 heteroatoms. The van der Waals surface area contributed by atoms with E-state index in [2.05, 4.69) is 9.98 Å². The van der Waals surface area contributed by atoms with E-state index in [1.165, 1.54) is 0 Å². The molecule has 0 aliphatic carbocycles. The van der Waals surface area contributed by atoms with Crippen molar-refractivity contribution in [3.05, 3.63) is 80.5 Å². The zero-order valence-corrected chi connectivity index (χ0v) is 16.6. The van der Waals surface area contributed by atoms with Crippen molar-refractivity contribution in [2.45, 2.75) is 27.2 Å². The highest BCUT2D eigenvalue weighted by atomic mass is 16.5. The fraction of sp³-hybridized carbons (Fsp3) is 0.227. The normalized spacial score (nSPS) is 11.5. The van der Waals surface area contributed by atoms with Gasteiger partial charge in [0, 0.05) is 0 Å². The van der Waals surface area contributed by atoms with Crippen molar-refractivity contribution in [3.8, 4) is 17.3 Å². The lowest BCUT2D eigenvalue weighted by Crippen LogP contribution is -2.33. The summed E-state index contributed by atoms with van der Waals surface area (Å²) in [5.41, 5.74) is 1.02. The van der Waals surface area contributed by atoms with E-state index in [-0.39, 0.29) is 5.56 Å². The molecule has 0 aliphatic rings. The third kappa shape index (κ3) is 4.29. The molecule has 0 atom stereocenters. The van der Waals surface area contributed by atoms with E-state index in [4.69, 9.17) is 4.74 Å². The zero-order chi connectivity index (χ0) is 21.0. The molecule has 2 aromatic carbocycles. The van der Waals surface area contributed by atoms with Crippen molar-refractivity contribution in [1.82, 2.24) is 9.55 Å². The van der Waals surface area contributed by atoms with Gasteiger partial charge in [0.25, 0.3) is 5.56 Å². The minimum absolute atomic E-state index is 0.0263. The van der Waals surface area contributed by atoms with E-state index in [0.717, 1.165) is 15.9 Å². The second-order valence-corrected chi connectivity index (χ2v) is 6.47. The van der Waals surface area contributed by atoms with Gasteiger partial charge in [0.05, 0.1) is 23.7 Å². The highest BCUT2D eigenvalue weighted by molar-refractivity contribution is 6.03. The van der Waals surface area contributed by atoms with Gasteiger partial charge in [0.2, 0.25) is 5.88 Å². The Morgan fingerprint density at radius 1 is 1.07 bits per heavy atom. The molecule has 150 valence electrons. The average Bonchev–Trinajstić information content (AvgIpc) is 2.70. The Morgan fingerprint density at radius 2 is 1.72 bits per heavy atom. The van der Waals surface area contributed by atoms with Crippen molar-refractivity contribution in [3.63, 3.8) is 0 Å². The molecule has 0 unspecified atom stereocenters. The minimum Gasteiger partial charge on any atom is -0.494 e. The summed E-state index contributed by atoms with van der Waals surface area (Å²) in [5.74, 6) is 0.284. The van der Waals surface area contributed by atoms with E-state index >= 15 is 0 Å². The Hall–Kier alpha value is -3.61. The summed E-state index contributed by atoms with van der Waals surface area (Å²) in [7, 11) is 0. The maximum atomic E-state index is 12.5. The van der Waals surface area contributed by atoms with Crippen LogP contribution in [-0.4, -0.2) is 27.0 Å². The number of aryl methyl sites for hydroxylation is 1. The van der Waals surface area contributed by atoms with E-state index in [1.807, 2.05) is 32.9 Å². The summed E-state index contributed by atoms with van der Waals surface area (Å²) in [4.78, 5) is 31.7. The topological polar surface area (TPSA) is 96.7 Å². The molecule has 1 aromatic heterocycles. The van der Waals surface area contributed by atoms with Crippen LogP contribution in [0, 0.1) is 6.92 Å². The summed E-state index contributed by atoms with van der Waals surface area (Å²) in [6.45, 7) is 6.21. The molecular weight excluding hydrogens is 370 g/mol. The van der Waals surface area contributed by atoms with Crippen molar-refractivity contribution in [2.24, 2.45) is 4.99 Å². The van der Waals surface area contributed by atoms with Gasteiger partial charge in [-0.25, -0.2) is 9.36 Å². The second kappa shape index (κ2) is 8.60. The quantitative estimate of drug-likeness (QED) is 0.627. The molecule has 3 aromatic rings. The molecule has 0 fully saturated rings. The molecule has 3 rings (SSSR count). The van der Waals surface area contributed by atoms with Crippen LogP contribution in [0.15, 0.2) is 63.1 Å². The van der Waals surface area contributed by atoms with Crippen molar-refractivity contribution >= 4 is 11.4 Å². The average molecular weight is 393 g/mol. The lowest BCUT2D eigenvalue weighted by Gasteiger charge is -2.13. The Bertz CT molecular complexity index is 1140. The fourth-order valence-corrected chi connectivity index (χ4v) is 2.97. The number of ether oxygens (including phenoxy) is 1. The Balaban J connectivity index is 2.12. The summed E-state index contributed by atoms with van der Waals surface area (Å²) in [6, 6.07) is 14.1. The van der Waals surface area contributed by atoms with Crippen LogP contribution in [0.2, 0.25) is 0 Å². The number of benzene rings is 2. The molecule has 0 aliphatic heterocycles. The van der Waals surface area contributed by atoms with Gasteiger partial charge in [-0.2, -0.15) is 0 Å². The van der Waals surface area contributed by atoms with Crippen LogP contribution in [0.1, 0.15) is 31.4 Å². The highest BCUT2D eigenvalue weighted by Crippen LogP contribution is 2.23. The predicted molar refractivity (Wildman–Crippen MR) is 113 cm³/mol.